The van der Waals surface area contributed by atoms with Gasteiger partial charge in [-0.2, -0.15) is 8.42 Å². The summed E-state index contributed by atoms with van der Waals surface area (Å²) in [6.45, 7) is 3.32. The van der Waals surface area contributed by atoms with Gasteiger partial charge in [-0.3, -0.25) is 8.98 Å². The van der Waals surface area contributed by atoms with E-state index < -0.39 is 16.2 Å². The van der Waals surface area contributed by atoms with Gasteiger partial charge in [-0.05, 0) is 102 Å². The molecule has 10 heteroatoms. The van der Waals surface area contributed by atoms with Crippen LogP contribution < -0.4 is 0 Å². The monoisotopic (exact) mass is 702 g/mol. The fourth-order valence-corrected chi connectivity index (χ4v) is 8.83. The molecule has 0 aromatic heterocycles. The minimum Gasteiger partial charge on any atom is -0.469 e. The minimum absolute atomic E-state index is 0.0826. The van der Waals surface area contributed by atoms with Crippen LogP contribution in [0.2, 0.25) is 0 Å². The van der Waals surface area contributed by atoms with Crippen LogP contribution in [0.3, 0.4) is 0 Å². The molecule has 274 valence electrons. The Hall–Kier alpha value is -2.08. The van der Waals surface area contributed by atoms with Gasteiger partial charge in [0.2, 0.25) is 0 Å². The van der Waals surface area contributed by atoms with Crippen LogP contribution in [0.15, 0.2) is 53.5 Å². The molecule has 2 heterocycles. The molecule has 1 aromatic rings. The van der Waals surface area contributed by atoms with Gasteiger partial charge in [0.15, 0.2) is 12.6 Å². The SMILES string of the molecule is COC(=O)CCC/C=C\C[C@@H]1[C@@H](/C=C/[C@H](OC2CCCCO2)C2CCCCC2)[C@H](OC2CCCCO2)C[C@H]1OS(=O)(=O)c1ccc(C)cc1. The number of allylic oxidation sites excluding steroid dienone is 2. The Labute approximate surface area is 294 Å². The van der Waals surface area contributed by atoms with Gasteiger partial charge < -0.3 is 23.7 Å². The molecule has 0 radical (unpaired) electrons. The first-order chi connectivity index (χ1) is 23.8. The Bertz CT molecular complexity index is 1290. The smallest absolute Gasteiger partial charge is 0.305 e. The van der Waals surface area contributed by atoms with Gasteiger partial charge in [-0.1, -0.05) is 61.3 Å². The van der Waals surface area contributed by atoms with Crippen LogP contribution in [-0.4, -0.2) is 65.6 Å². The zero-order valence-corrected chi connectivity index (χ0v) is 30.4. The summed E-state index contributed by atoms with van der Waals surface area (Å²) in [7, 11) is -2.62. The summed E-state index contributed by atoms with van der Waals surface area (Å²) < 4.78 is 63.6. The molecule has 2 aliphatic carbocycles. The maximum atomic E-state index is 13.6. The average Bonchev–Trinajstić information content (AvgIpc) is 3.43. The standard InChI is InChI=1S/C39H58O9S/c1-29-20-22-31(23-21-29)49(41,42)48-36-28-35(47-39-19-11-13-27-45-39)33(32(36)16-8-3-4-9-17-37(40)43-2)24-25-34(30-14-6-5-7-15-30)46-38-18-10-12-26-44-38/h3,8,20-25,30,32-36,38-39H,4-7,9-19,26-28H2,1-2H3/b8-3-,25-24+/t32-,33-,34+,35-,36-,38?,39?/m1/s1. The van der Waals surface area contributed by atoms with Crippen LogP contribution in [0.5, 0.6) is 0 Å². The summed E-state index contributed by atoms with van der Waals surface area (Å²) in [5.41, 5.74) is 0.981. The van der Waals surface area contributed by atoms with Crippen LogP contribution in [-0.2, 0) is 42.8 Å². The summed E-state index contributed by atoms with van der Waals surface area (Å²) in [6, 6.07) is 6.80. The second-order valence-corrected chi connectivity index (χ2v) is 15.8. The molecule has 5 rings (SSSR count). The first kappa shape index (κ1) is 38.2. The highest BCUT2D eigenvalue weighted by Crippen LogP contribution is 2.43. The third kappa shape index (κ3) is 11.7. The van der Waals surface area contributed by atoms with E-state index in [0.717, 1.165) is 70.0 Å². The number of hydrogen-bond donors (Lipinski definition) is 0. The summed E-state index contributed by atoms with van der Waals surface area (Å²) in [5.74, 6) is -0.0900. The van der Waals surface area contributed by atoms with Crippen molar-refractivity contribution in [3.63, 3.8) is 0 Å². The molecular weight excluding hydrogens is 644 g/mol. The Morgan fingerprint density at radius 2 is 1.59 bits per heavy atom. The van der Waals surface area contributed by atoms with E-state index in [2.05, 4.69) is 24.3 Å². The number of hydrogen-bond acceptors (Lipinski definition) is 9. The topological polar surface area (TPSA) is 107 Å². The normalized spacial score (nSPS) is 29.4. The van der Waals surface area contributed by atoms with E-state index in [-0.39, 0.29) is 47.5 Å². The Kier molecular flexibility index (Phi) is 15.2. The summed E-state index contributed by atoms with van der Waals surface area (Å²) in [5, 5.41) is 0. The number of ether oxygens (including phenoxy) is 5. The van der Waals surface area contributed by atoms with Crippen molar-refractivity contribution in [1.29, 1.82) is 0 Å². The molecule has 2 aliphatic heterocycles. The second kappa shape index (κ2) is 19.5. The van der Waals surface area contributed by atoms with E-state index >= 15 is 0 Å². The van der Waals surface area contributed by atoms with Crippen molar-refractivity contribution in [3.05, 3.63) is 54.1 Å². The fourth-order valence-electron chi connectivity index (χ4n) is 7.70. The molecule has 0 amide bonds. The van der Waals surface area contributed by atoms with Gasteiger partial charge in [0.05, 0.1) is 30.3 Å². The lowest BCUT2D eigenvalue weighted by atomic mass is 9.83. The maximum absolute atomic E-state index is 13.6. The molecule has 2 saturated heterocycles. The maximum Gasteiger partial charge on any atom is 0.305 e. The van der Waals surface area contributed by atoms with Crippen LogP contribution in [0, 0.1) is 24.7 Å². The number of carbonyl (C=O) groups excluding carboxylic acids is 1. The van der Waals surface area contributed by atoms with Crippen LogP contribution >= 0.6 is 0 Å². The quantitative estimate of drug-likeness (QED) is 0.0734. The van der Waals surface area contributed by atoms with Gasteiger partial charge in [0, 0.05) is 32.0 Å². The van der Waals surface area contributed by atoms with Crippen molar-refractivity contribution in [3.8, 4) is 0 Å². The first-order valence-corrected chi connectivity index (χ1v) is 20.2. The number of carbonyl (C=O) groups is 1. The lowest BCUT2D eigenvalue weighted by molar-refractivity contribution is -0.193. The van der Waals surface area contributed by atoms with Gasteiger partial charge in [0.25, 0.3) is 10.1 Å². The molecule has 1 aromatic carbocycles. The molecule has 4 fully saturated rings. The summed E-state index contributed by atoms with van der Waals surface area (Å²) in [6.07, 6.45) is 21.8. The number of aryl methyl sites for hydroxylation is 1. The molecule has 0 bridgehead atoms. The van der Waals surface area contributed by atoms with Gasteiger partial charge in [0.1, 0.15) is 0 Å². The highest BCUT2D eigenvalue weighted by atomic mass is 32.2. The molecule has 7 atom stereocenters. The molecular formula is C39H58O9S. The van der Waals surface area contributed by atoms with Crippen molar-refractivity contribution in [2.24, 2.45) is 17.8 Å². The lowest BCUT2D eigenvalue weighted by Gasteiger charge is -2.33. The zero-order valence-electron chi connectivity index (χ0n) is 29.5. The number of rotatable bonds is 16. The number of methoxy groups -OCH3 is 1. The van der Waals surface area contributed by atoms with Crippen molar-refractivity contribution in [2.75, 3.05) is 20.3 Å². The predicted molar refractivity (Wildman–Crippen MR) is 187 cm³/mol. The van der Waals surface area contributed by atoms with Gasteiger partial charge in [-0.25, -0.2) is 0 Å². The zero-order chi connectivity index (χ0) is 34.5. The van der Waals surface area contributed by atoms with Crippen molar-refractivity contribution in [1.82, 2.24) is 0 Å². The highest BCUT2D eigenvalue weighted by molar-refractivity contribution is 7.86. The molecule has 49 heavy (non-hydrogen) atoms. The van der Waals surface area contributed by atoms with Crippen LogP contribution in [0.25, 0.3) is 0 Å². The highest BCUT2D eigenvalue weighted by Gasteiger charge is 2.46. The van der Waals surface area contributed by atoms with Crippen LogP contribution in [0.1, 0.15) is 108 Å². The molecule has 2 saturated carbocycles. The third-order valence-electron chi connectivity index (χ3n) is 10.5. The Morgan fingerprint density at radius 1 is 0.898 bits per heavy atom. The molecule has 0 spiro atoms. The van der Waals surface area contributed by atoms with Crippen molar-refractivity contribution < 1.29 is 41.1 Å². The minimum atomic E-state index is -4.02. The van der Waals surface area contributed by atoms with E-state index in [1.807, 2.05) is 6.92 Å². The van der Waals surface area contributed by atoms with E-state index in [0.29, 0.717) is 38.2 Å². The van der Waals surface area contributed by atoms with Crippen LogP contribution in [0.4, 0.5) is 0 Å². The molecule has 0 N–H and O–H groups in total. The van der Waals surface area contributed by atoms with E-state index in [9.17, 15) is 13.2 Å². The van der Waals surface area contributed by atoms with Gasteiger partial charge in [-0.15, -0.1) is 0 Å². The van der Waals surface area contributed by atoms with E-state index in [4.69, 9.17) is 27.9 Å². The predicted octanol–water partition coefficient (Wildman–Crippen LogP) is 7.95. The fraction of sp³-hybridized carbons (Fsp3) is 0.718. The first-order valence-electron chi connectivity index (χ1n) is 18.8. The second-order valence-electron chi connectivity index (χ2n) is 14.2. The number of benzene rings is 1. The molecule has 2 unspecified atom stereocenters. The van der Waals surface area contributed by atoms with E-state index in [1.54, 1.807) is 24.3 Å². The number of unbranched alkanes of at least 4 members (excludes halogenated alkanes) is 1. The van der Waals surface area contributed by atoms with Gasteiger partial charge >= 0.3 is 5.97 Å². The summed E-state index contributed by atoms with van der Waals surface area (Å²) >= 11 is 0. The summed E-state index contributed by atoms with van der Waals surface area (Å²) in [4.78, 5) is 11.8. The largest absolute Gasteiger partial charge is 0.469 e. The van der Waals surface area contributed by atoms with Crippen molar-refractivity contribution >= 4 is 16.1 Å². The lowest BCUT2D eigenvalue weighted by Crippen LogP contribution is -2.33. The average molecular weight is 703 g/mol. The van der Waals surface area contributed by atoms with Crippen molar-refractivity contribution in [2.45, 2.75) is 145 Å². The Balaban J connectivity index is 1.41. The van der Waals surface area contributed by atoms with E-state index in [1.165, 1.54) is 26.4 Å². The number of esters is 1. The molecule has 9 nitrogen and oxygen atoms in total. The third-order valence-corrected chi connectivity index (χ3v) is 11.9. The Morgan fingerprint density at radius 3 is 2.27 bits per heavy atom. The molecule has 4 aliphatic rings.